The number of hydrogen-bond acceptors (Lipinski definition) is 8. The summed E-state index contributed by atoms with van der Waals surface area (Å²) in [5.74, 6) is -0.470. The lowest BCUT2D eigenvalue weighted by atomic mass is 9.82. The van der Waals surface area contributed by atoms with Crippen molar-refractivity contribution in [3.05, 3.63) is 45.8 Å². The van der Waals surface area contributed by atoms with E-state index in [1.165, 1.54) is 30.9 Å². The molecule has 1 amide bonds. The molecule has 29 heavy (non-hydrogen) atoms. The molecular weight excluding hydrogens is 394 g/mol. The van der Waals surface area contributed by atoms with E-state index in [9.17, 15) is 14.9 Å². The van der Waals surface area contributed by atoms with Crippen LogP contribution in [0.5, 0.6) is 11.5 Å². The Kier molecular flexibility index (Phi) is 6.03. The monoisotopic (exact) mass is 415 g/mol. The zero-order valence-electron chi connectivity index (χ0n) is 16.4. The molecule has 2 aliphatic rings. The molecule has 1 saturated heterocycles. The summed E-state index contributed by atoms with van der Waals surface area (Å²) in [5, 5.41) is 10.4. The van der Waals surface area contributed by atoms with E-state index in [2.05, 4.69) is 6.07 Å². The molecule has 2 N–H and O–H groups in total. The Labute approximate surface area is 172 Å². The van der Waals surface area contributed by atoms with Gasteiger partial charge in [0.1, 0.15) is 5.82 Å². The van der Waals surface area contributed by atoms with Crippen LogP contribution in [0.4, 0.5) is 0 Å². The quantitative estimate of drug-likeness (QED) is 0.728. The van der Waals surface area contributed by atoms with Gasteiger partial charge in [0.05, 0.1) is 49.0 Å². The number of para-hydroxylation sites is 1. The van der Waals surface area contributed by atoms with Crippen LogP contribution in [0, 0.1) is 11.3 Å². The molecule has 1 unspecified atom stereocenters. The van der Waals surface area contributed by atoms with Gasteiger partial charge in [-0.1, -0.05) is 12.1 Å². The molecule has 1 aromatic carbocycles. The summed E-state index contributed by atoms with van der Waals surface area (Å²) < 4.78 is 16.1. The van der Waals surface area contributed by atoms with E-state index in [0.717, 1.165) is 0 Å². The molecule has 2 heterocycles. The van der Waals surface area contributed by atoms with Crippen molar-refractivity contribution in [2.24, 2.45) is 5.73 Å². The van der Waals surface area contributed by atoms with E-state index in [0.29, 0.717) is 27.8 Å². The number of esters is 1. The van der Waals surface area contributed by atoms with Crippen molar-refractivity contribution in [2.75, 3.05) is 26.6 Å². The summed E-state index contributed by atoms with van der Waals surface area (Å²) in [6, 6.07) is 7.37. The predicted octanol–water partition coefficient (Wildman–Crippen LogP) is 2.24. The number of hydrogen-bond donors (Lipinski definition) is 1. The fraction of sp³-hybridized carbons (Fsp3) is 0.350. The maximum Gasteiger partial charge on any atom is 0.338 e. The minimum absolute atomic E-state index is 0.0236. The van der Waals surface area contributed by atoms with Crippen molar-refractivity contribution in [1.29, 1.82) is 5.26 Å². The van der Waals surface area contributed by atoms with E-state index in [-0.39, 0.29) is 35.9 Å². The Morgan fingerprint density at radius 2 is 2.14 bits per heavy atom. The third-order valence-electron chi connectivity index (χ3n) is 4.69. The first kappa shape index (κ1) is 20.6. The van der Waals surface area contributed by atoms with Crippen molar-refractivity contribution in [3.8, 4) is 17.6 Å². The highest BCUT2D eigenvalue weighted by Crippen LogP contribution is 2.49. The molecule has 8 nitrogen and oxygen atoms in total. The van der Waals surface area contributed by atoms with Crippen LogP contribution < -0.4 is 15.2 Å². The highest BCUT2D eigenvalue weighted by Gasteiger charge is 2.44. The molecule has 3 rings (SSSR count). The second-order valence-corrected chi connectivity index (χ2v) is 7.28. The first-order chi connectivity index (χ1) is 14.0. The number of nitrogens with two attached hydrogens (primary N) is 1. The average Bonchev–Trinajstić information content (AvgIpc) is 2.72. The Hall–Kier alpha value is -3.12. The maximum absolute atomic E-state index is 12.9. The lowest BCUT2D eigenvalue weighted by Crippen LogP contribution is -2.42. The first-order valence-corrected chi connectivity index (χ1v) is 9.96. The fourth-order valence-corrected chi connectivity index (χ4v) is 4.61. The number of benzene rings is 1. The summed E-state index contributed by atoms with van der Waals surface area (Å²) in [5.41, 5.74) is 7.12. The summed E-state index contributed by atoms with van der Waals surface area (Å²) in [4.78, 5) is 26.7. The van der Waals surface area contributed by atoms with Crippen LogP contribution in [-0.2, 0) is 14.3 Å². The molecule has 1 aromatic rings. The van der Waals surface area contributed by atoms with Crippen LogP contribution in [-0.4, -0.2) is 43.4 Å². The summed E-state index contributed by atoms with van der Waals surface area (Å²) in [6.45, 7) is 1.80. The minimum Gasteiger partial charge on any atom is -0.493 e. The Morgan fingerprint density at radius 3 is 2.76 bits per heavy atom. The molecule has 0 aromatic heterocycles. The van der Waals surface area contributed by atoms with Gasteiger partial charge in [-0.15, -0.1) is 11.8 Å². The van der Waals surface area contributed by atoms with E-state index >= 15 is 0 Å². The molecule has 0 aliphatic carbocycles. The average molecular weight is 415 g/mol. The SMILES string of the molecule is CCOC(=O)C1=C(N)N2C(=O)CCSC2=C(C#N)C1c1cccc(OC)c1OC. The van der Waals surface area contributed by atoms with Crippen LogP contribution in [0.2, 0.25) is 0 Å². The van der Waals surface area contributed by atoms with Gasteiger partial charge in [0.25, 0.3) is 0 Å². The van der Waals surface area contributed by atoms with Crippen molar-refractivity contribution >= 4 is 23.6 Å². The second-order valence-electron chi connectivity index (χ2n) is 6.19. The molecule has 0 bridgehead atoms. The van der Waals surface area contributed by atoms with Gasteiger partial charge in [0.2, 0.25) is 5.91 Å². The fourth-order valence-electron chi connectivity index (χ4n) is 3.50. The van der Waals surface area contributed by atoms with Gasteiger partial charge in [0, 0.05) is 17.7 Å². The highest BCUT2D eigenvalue weighted by atomic mass is 32.2. The van der Waals surface area contributed by atoms with E-state index in [1.807, 2.05) is 0 Å². The van der Waals surface area contributed by atoms with Crippen LogP contribution in [0.25, 0.3) is 0 Å². The van der Waals surface area contributed by atoms with Gasteiger partial charge in [-0.3, -0.25) is 9.69 Å². The molecule has 1 fully saturated rings. The van der Waals surface area contributed by atoms with Gasteiger partial charge in [0.15, 0.2) is 11.5 Å². The zero-order valence-corrected chi connectivity index (χ0v) is 17.2. The number of carbonyl (C=O) groups excluding carboxylic acids is 2. The number of carbonyl (C=O) groups is 2. The number of ether oxygens (including phenoxy) is 3. The number of nitrogens with zero attached hydrogens (tertiary/aromatic N) is 2. The van der Waals surface area contributed by atoms with Gasteiger partial charge >= 0.3 is 5.97 Å². The summed E-state index contributed by atoms with van der Waals surface area (Å²) in [7, 11) is 2.98. The van der Waals surface area contributed by atoms with E-state index < -0.39 is 11.9 Å². The maximum atomic E-state index is 12.9. The lowest BCUT2D eigenvalue weighted by molar-refractivity contribution is -0.139. The minimum atomic E-state index is -0.853. The number of rotatable bonds is 5. The van der Waals surface area contributed by atoms with E-state index in [4.69, 9.17) is 19.9 Å². The van der Waals surface area contributed by atoms with E-state index in [1.54, 1.807) is 25.1 Å². The van der Waals surface area contributed by atoms with Crippen molar-refractivity contribution in [2.45, 2.75) is 19.3 Å². The molecule has 0 radical (unpaired) electrons. The van der Waals surface area contributed by atoms with Crippen molar-refractivity contribution in [1.82, 2.24) is 4.90 Å². The Bertz CT molecular complexity index is 963. The summed E-state index contributed by atoms with van der Waals surface area (Å²) in [6.07, 6.45) is 0.261. The van der Waals surface area contributed by atoms with Crippen molar-refractivity contribution in [3.63, 3.8) is 0 Å². The smallest absolute Gasteiger partial charge is 0.338 e. The Balaban J connectivity index is 2.32. The highest BCUT2D eigenvalue weighted by molar-refractivity contribution is 8.03. The first-order valence-electron chi connectivity index (χ1n) is 8.97. The molecule has 1 atom stereocenters. The van der Waals surface area contributed by atoms with Crippen molar-refractivity contribution < 1.29 is 23.8 Å². The lowest BCUT2D eigenvalue weighted by Gasteiger charge is -2.37. The molecular formula is C20H21N3O5S. The van der Waals surface area contributed by atoms with Gasteiger partial charge in [-0.05, 0) is 13.0 Å². The predicted molar refractivity (Wildman–Crippen MR) is 107 cm³/mol. The number of methoxy groups -OCH3 is 2. The number of thioether (sulfide) groups is 1. The molecule has 0 saturated carbocycles. The van der Waals surface area contributed by atoms with Crippen LogP contribution in [0.3, 0.4) is 0 Å². The molecule has 2 aliphatic heterocycles. The van der Waals surface area contributed by atoms with Crippen LogP contribution in [0.15, 0.2) is 40.2 Å². The van der Waals surface area contributed by atoms with Gasteiger partial charge < -0.3 is 19.9 Å². The topological polar surface area (TPSA) is 115 Å². The zero-order chi connectivity index (χ0) is 21.1. The third kappa shape index (κ3) is 3.40. The molecule has 0 spiro atoms. The molecule has 9 heteroatoms. The number of allylic oxidation sites excluding steroid dienone is 1. The third-order valence-corrected chi connectivity index (χ3v) is 5.78. The number of nitriles is 1. The summed E-state index contributed by atoms with van der Waals surface area (Å²) >= 11 is 1.36. The standard InChI is InChI=1S/C20H21N3O5S/c1-4-28-20(25)16-15(11-6-5-7-13(26-2)17(11)27-3)12(10-21)19-23(18(16)22)14(24)8-9-29-19/h5-7,15H,4,8-9,22H2,1-3H3. The number of fused-ring (bicyclic) bond motifs is 1. The molecule has 152 valence electrons. The number of amides is 1. The van der Waals surface area contributed by atoms with Crippen LogP contribution in [0.1, 0.15) is 24.8 Å². The van der Waals surface area contributed by atoms with Gasteiger partial charge in [-0.25, -0.2) is 4.79 Å². The Morgan fingerprint density at radius 1 is 1.38 bits per heavy atom. The normalized spacial score (nSPS) is 18.9. The largest absolute Gasteiger partial charge is 0.493 e. The van der Waals surface area contributed by atoms with Gasteiger partial charge in [-0.2, -0.15) is 5.26 Å². The second kappa shape index (κ2) is 8.49. The van der Waals surface area contributed by atoms with Crippen LogP contribution >= 0.6 is 11.8 Å².